The molecule has 1 aliphatic rings. The Morgan fingerprint density at radius 1 is 1.47 bits per heavy atom. The molecular formula is C12H17NO4S2. The maximum absolute atomic E-state index is 12.5. The van der Waals surface area contributed by atoms with Crippen molar-refractivity contribution in [3.63, 3.8) is 0 Å². The summed E-state index contributed by atoms with van der Waals surface area (Å²) in [5.74, 6) is -1.09. The quantitative estimate of drug-likeness (QED) is 0.927. The van der Waals surface area contributed by atoms with E-state index in [2.05, 4.69) is 0 Å². The summed E-state index contributed by atoms with van der Waals surface area (Å²) in [6.07, 6.45) is 3.59. The number of thiophene rings is 1. The van der Waals surface area contributed by atoms with Gasteiger partial charge in [-0.2, -0.15) is 4.31 Å². The van der Waals surface area contributed by atoms with Crippen molar-refractivity contribution >= 4 is 27.3 Å². The van der Waals surface area contributed by atoms with E-state index in [0.29, 0.717) is 6.54 Å². The van der Waals surface area contributed by atoms with E-state index in [-0.39, 0.29) is 15.1 Å². The van der Waals surface area contributed by atoms with E-state index < -0.39 is 16.0 Å². The molecule has 0 aromatic carbocycles. The third-order valence-electron chi connectivity index (χ3n) is 3.40. The van der Waals surface area contributed by atoms with Crippen molar-refractivity contribution in [3.05, 3.63) is 17.0 Å². The fraction of sp³-hybridized carbons (Fsp3) is 0.583. The molecule has 106 valence electrons. The summed E-state index contributed by atoms with van der Waals surface area (Å²) in [4.78, 5) is 10.9. The van der Waals surface area contributed by atoms with Gasteiger partial charge in [-0.05, 0) is 31.4 Å². The Balaban J connectivity index is 2.32. The molecule has 5 nitrogen and oxygen atoms in total. The zero-order valence-corrected chi connectivity index (χ0v) is 12.3. The molecule has 1 aromatic heterocycles. The first-order valence-corrected chi connectivity index (χ1v) is 8.57. The second kappa shape index (κ2) is 5.60. The van der Waals surface area contributed by atoms with Crippen LogP contribution in [0.2, 0.25) is 0 Å². The molecule has 2 heterocycles. The fourth-order valence-electron chi connectivity index (χ4n) is 2.39. The topological polar surface area (TPSA) is 74.7 Å². The number of sulfonamides is 1. The Kier molecular flexibility index (Phi) is 4.27. The van der Waals surface area contributed by atoms with Crippen molar-refractivity contribution in [2.24, 2.45) is 0 Å². The molecule has 0 saturated carbocycles. The standard InChI is InChI=1S/C12H17NO4S2/c1-2-9-5-3-4-8-13(9)19(16,17)11-7-6-10(18-11)12(14)15/h6-7,9H,2-5,8H2,1H3,(H,14,15). The zero-order chi connectivity index (χ0) is 14.0. The molecule has 7 heteroatoms. The van der Waals surface area contributed by atoms with Crippen LogP contribution >= 0.6 is 11.3 Å². The van der Waals surface area contributed by atoms with Crippen molar-refractivity contribution in [1.29, 1.82) is 0 Å². The second-order valence-electron chi connectivity index (χ2n) is 4.60. The van der Waals surface area contributed by atoms with Crippen LogP contribution in [0.5, 0.6) is 0 Å². The van der Waals surface area contributed by atoms with E-state index in [1.165, 1.54) is 16.4 Å². The molecule has 1 aliphatic heterocycles. The lowest BCUT2D eigenvalue weighted by Crippen LogP contribution is -2.42. The molecule has 0 radical (unpaired) electrons. The Morgan fingerprint density at radius 3 is 2.79 bits per heavy atom. The number of carbonyl (C=O) groups is 1. The number of carboxylic acid groups (broad SMARTS) is 1. The zero-order valence-electron chi connectivity index (χ0n) is 10.7. The van der Waals surface area contributed by atoms with E-state index in [4.69, 9.17) is 5.11 Å². The first-order chi connectivity index (χ1) is 8.96. The molecule has 0 spiro atoms. The van der Waals surface area contributed by atoms with Gasteiger partial charge in [-0.1, -0.05) is 13.3 Å². The van der Waals surface area contributed by atoms with Gasteiger partial charge in [0.25, 0.3) is 10.0 Å². The van der Waals surface area contributed by atoms with E-state index >= 15 is 0 Å². The smallest absolute Gasteiger partial charge is 0.345 e. The summed E-state index contributed by atoms with van der Waals surface area (Å²) in [7, 11) is -3.55. The summed E-state index contributed by atoms with van der Waals surface area (Å²) in [5.41, 5.74) is 0. The third kappa shape index (κ3) is 2.82. The average molecular weight is 303 g/mol. The lowest BCUT2D eigenvalue weighted by atomic mass is 10.0. The largest absolute Gasteiger partial charge is 0.477 e. The number of hydrogen-bond donors (Lipinski definition) is 1. The first-order valence-electron chi connectivity index (χ1n) is 6.31. The van der Waals surface area contributed by atoms with Gasteiger partial charge in [0.2, 0.25) is 0 Å². The molecule has 0 amide bonds. The van der Waals surface area contributed by atoms with E-state index in [9.17, 15) is 13.2 Å². The first kappa shape index (κ1) is 14.5. The highest BCUT2D eigenvalue weighted by atomic mass is 32.2. The molecule has 0 aliphatic carbocycles. The highest BCUT2D eigenvalue weighted by molar-refractivity contribution is 7.91. The summed E-state index contributed by atoms with van der Waals surface area (Å²) < 4.78 is 26.7. The van der Waals surface area contributed by atoms with Gasteiger partial charge in [-0.25, -0.2) is 13.2 Å². The predicted octanol–water partition coefficient (Wildman–Crippen LogP) is 2.40. The fourth-order valence-corrected chi connectivity index (χ4v) is 5.43. The van der Waals surface area contributed by atoms with Crippen molar-refractivity contribution in [1.82, 2.24) is 4.31 Å². The molecule has 1 atom stereocenters. The van der Waals surface area contributed by atoms with Gasteiger partial charge < -0.3 is 5.11 Å². The highest BCUT2D eigenvalue weighted by Crippen LogP contribution is 2.30. The van der Waals surface area contributed by atoms with Gasteiger partial charge in [-0.3, -0.25) is 0 Å². The summed E-state index contributed by atoms with van der Waals surface area (Å²) in [6.45, 7) is 2.51. The number of nitrogens with zero attached hydrogens (tertiary/aromatic N) is 1. The molecule has 2 rings (SSSR count). The molecule has 1 unspecified atom stereocenters. The SMILES string of the molecule is CCC1CCCCN1S(=O)(=O)c1ccc(C(=O)O)s1. The van der Waals surface area contributed by atoms with Gasteiger partial charge >= 0.3 is 5.97 Å². The monoisotopic (exact) mass is 303 g/mol. The van der Waals surface area contributed by atoms with Crippen LogP contribution in [0, 0.1) is 0 Å². The van der Waals surface area contributed by atoms with Crippen LogP contribution in [0.25, 0.3) is 0 Å². The van der Waals surface area contributed by atoms with Crippen LogP contribution in [-0.4, -0.2) is 36.4 Å². The number of carboxylic acids is 1. The Hall–Kier alpha value is -0.920. The minimum absolute atomic E-state index is 0.0362. The summed E-state index contributed by atoms with van der Waals surface area (Å²) in [6, 6.07) is 2.78. The number of hydrogen-bond acceptors (Lipinski definition) is 4. The molecule has 0 bridgehead atoms. The van der Waals surface area contributed by atoms with E-state index in [1.54, 1.807) is 0 Å². The lowest BCUT2D eigenvalue weighted by molar-refractivity contribution is 0.0702. The van der Waals surface area contributed by atoms with Gasteiger partial charge in [0.05, 0.1) is 0 Å². The molecule has 1 saturated heterocycles. The van der Waals surface area contributed by atoms with Crippen LogP contribution in [0.4, 0.5) is 0 Å². The van der Waals surface area contributed by atoms with Gasteiger partial charge in [0.15, 0.2) is 0 Å². The number of aromatic carboxylic acids is 1. The lowest BCUT2D eigenvalue weighted by Gasteiger charge is -2.33. The van der Waals surface area contributed by atoms with E-state index in [1.807, 2.05) is 6.92 Å². The molecule has 1 N–H and O–H groups in total. The van der Waals surface area contributed by atoms with Crippen LogP contribution in [0.15, 0.2) is 16.3 Å². The third-order valence-corrected chi connectivity index (χ3v) is 6.89. The molecular weight excluding hydrogens is 286 g/mol. The maximum atomic E-state index is 12.5. The van der Waals surface area contributed by atoms with Crippen molar-refractivity contribution in [3.8, 4) is 0 Å². The van der Waals surface area contributed by atoms with Crippen molar-refractivity contribution in [2.45, 2.75) is 42.9 Å². The van der Waals surface area contributed by atoms with E-state index in [0.717, 1.165) is 37.0 Å². The van der Waals surface area contributed by atoms with Crippen LogP contribution < -0.4 is 0 Å². The maximum Gasteiger partial charge on any atom is 0.345 e. The summed E-state index contributed by atoms with van der Waals surface area (Å²) >= 11 is 0.825. The number of rotatable bonds is 4. The minimum Gasteiger partial charge on any atom is -0.477 e. The van der Waals surface area contributed by atoms with Crippen LogP contribution in [-0.2, 0) is 10.0 Å². The Morgan fingerprint density at radius 2 is 2.21 bits per heavy atom. The highest BCUT2D eigenvalue weighted by Gasteiger charge is 2.33. The molecule has 1 fully saturated rings. The van der Waals surface area contributed by atoms with Gasteiger partial charge in [0.1, 0.15) is 9.09 Å². The van der Waals surface area contributed by atoms with Gasteiger partial charge in [0, 0.05) is 12.6 Å². The Labute approximate surface area is 116 Å². The van der Waals surface area contributed by atoms with Crippen LogP contribution in [0.3, 0.4) is 0 Å². The van der Waals surface area contributed by atoms with Gasteiger partial charge in [-0.15, -0.1) is 11.3 Å². The molecule has 19 heavy (non-hydrogen) atoms. The normalized spacial score (nSPS) is 21.4. The predicted molar refractivity (Wildman–Crippen MR) is 73.1 cm³/mol. The minimum atomic E-state index is -3.55. The van der Waals surface area contributed by atoms with Crippen LogP contribution in [0.1, 0.15) is 42.3 Å². The number of piperidine rings is 1. The van der Waals surface area contributed by atoms with Crippen molar-refractivity contribution < 1.29 is 18.3 Å². The Bertz CT molecular complexity index is 564. The molecule has 1 aromatic rings. The second-order valence-corrected chi connectivity index (χ2v) is 7.80. The van der Waals surface area contributed by atoms with Crippen molar-refractivity contribution in [2.75, 3.05) is 6.54 Å². The summed E-state index contributed by atoms with van der Waals surface area (Å²) in [5, 5.41) is 8.87. The average Bonchev–Trinajstić information content (AvgIpc) is 2.89.